The fourth-order valence-corrected chi connectivity index (χ4v) is 3.00. The first-order chi connectivity index (χ1) is 11.3. The minimum atomic E-state index is 0.428. The Morgan fingerprint density at radius 1 is 1.13 bits per heavy atom. The second-order valence-electron chi connectivity index (χ2n) is 4.90. The highest BCUT2D eigenvalue weighted by molar-refractivity contribution is 7.14. The third kappa shape index (κ3) is 3.44. The summed E-state index contributed by atoms with van der Waals surface area (Å²) in [5.41, 5.74) is 3.11. The molecule has 0 N–H and O–H groups in total. The quantitative estimate of drug-likeness (QED) is 0.662. The summed E-state index contributed by atoms with van der Waals surface area (Å²) < 4.78 is 0. The SMILES string of the molecule is N#Cc1ccc(N(Cc2ccccc2)c2nc(C=O)cs2)cc1. The third-order valence-electron chi connectivity index (χ3n) is 3.35. The van der Waals surface area contributed by atoms with E-state index < -0.39 is 0 Å². The lowest BCUT2D eigenvalue weighted by Crippen LogP contribution is -2.16. The highest BCUT2D eigenvalue weighted by Gasteiger charge is 2.14. The van der Waals surface area contributed by atoms with E-state index in [1.165, 1.54) is 11.3 Å². The van der Waals surface area contributed by atoms with Crippen molar-refractivity contribution in [1.29, 1.82) is 5.26 Å². The molecule has 1 heterocycles. The lowest BCUT2D eigenvalue weighted by Gasteiger charge is -2.22. The largest absolute Gasteiger partial charge is 0.313 e. The lowest BCUT2D eigenvalue weighted by molar-refractivity contribution is 0.111. The number of benzene rings is 2. The maximum atomic E-state index is 10.9. The van der Waals surface area contributed by atoms with E-state index in [1.54, 1.807) is 17.5 Å². The fraction of sp³-hybridized carbons (Fsp3) is 0.0556. The van der Waals surface area contributed by atoms with Gasteiger partial charge in [0.05, 0.1) is 18.2 Å². The van der Waals surface area contributed by atoms with E-state index in [1.807, 2.05) is 47.4 Å². The van der Waals surface area contributed by atoms with Gasteiger partial charge in [0.15, 0.2) is 11.4 Å². The van der Waals surface area contributed by atoms with Crippen molar-refractivity contribution >= 4 is 28.4 Å². The van der Waals surface area contributed by atoms with Gasteiger partial charge in [0.25, 0.3) is 0 Å². The Morgan fingerprint density at radius 2 is 1.87 bits per heavy atom. The van der Waals surface area contributed by atoms with Crippen molar-refractivity contribution in [2.45, 2.75) is 6.54 Å². The van der Waals surface area contributed by atoms with Crippen LogP contribution in [0.2, 0.25) is 0 Å². The van der Waals surface area contributed by atoms with Gasteiger partial charge >= 0.3 is 0 Å². The van der Waals surface area contributed by atoms with Crippen LogP contribution in [0.5, 0.6) is 0 Å². The fourth-order valence-electron chi connectivity index (χ4n) is 2.21. The molecule has 0 saturated carbocycles. The van der Waals surface area contributed by atoms with Gasteiger partial charge in [-0.1, -0.05) is 30.3 Å². The first-order valence-corrected chi connectivity index (χ1v) is 7.90. The van der Waals surface area contributed by atoms with Crippen LogP contribution >= 0.6 is 11.3 Å². The number of aromatic nitrogens is 1. The van der Waals surface area contributed by atoms with E-state index in [0.717, 1.165) is 22.7 Å². The second kappa shape index (κ2) is 6.86. The zero-order chi connectivity index (χ0) is 16.1. The van der Waals surface area contributed by atoms with Gasteiger partial charge < -0.3 is 4.90 Å². The number of nitriles is 1. The van der Waals surface area contributed by atoms with Crippen molar-refractivity contribution in [3.8, 4) is 6.07 Å². The summed E-state index contributed by atoms with van der Waals surface area (Å²) in [6, 6.07) is 19.5. The van der Waals surface area contributed by atoms with Gasteiger partial charge in [0.1, 0.15) is 5.69 Å². The molecule has 0 fully saturated rings. The highest BCUT2D eigenvalue weighted by Crippen LogP contribution is 2.30. The van der Waals surface area contributed by atoms with Crippen LogP contribution in [0.25, 0.3) is 0 Å². The maximum Gasteiger partial charge on any atom is 0.190 e. The molecule has 0 amide bonds. The lowest BCUT2D eigenvalue weighted by atomic mass is 10.2. The van der Waals surface area contributed by atoms with E-state index in [-0.39, 0.29) is 0 Å². The summed E-state index contributed by atoms with van der Waals surface area (Å²) in [6.07, 6.45) is 0.749. The molecule has 4 nitrogen and oxygen atoms in total. The first kappa shape index (κ1) is 14.9. The van der Waals surface area contributed by atoms with Gasteiger partial charge in [-0.05, 0) is 29.8 Å². The number of hydrogen-bond donors (Lipinski definition) is 0. The Bertz CT molecular complexity index is 835. The summed E-state index contributed by atoms with van der Waals surface area (Å²) in [7, 11) is 0. The van der Waals surface area contributed by atoms with Gasteiger partial charge in [-0.25, -0.2) is 4.98 Å². The van der Waals surface area contributed by atoms with Gasteiger partial charge in [0.2, 0.25) is 0 Å². The van der Waals surface area contributed by atoms with Crippen LogP contribution in [0.15, 0.2) is 60.0 Å². The topological polar surface area (TPSA) is 57.0 Å². The molecule has 0 bridgehead atoms. The Morgan fingerprint density at radius 3 is 2.48 bits per heavy atom. The molecule has 3 rings (SSSR count). The summed E-state index contributed by atoms with van der Waals surface area (Å²) >= 11 is 1.42. The van der Waals surface area contributed by atoms with E-state index >= 15 is 0 Å². The van der Waals surface area contributed by atoms with E-state index in [9.17, 15) is 4.79 Å². The Kier molecular flexibility index (Phi) is 4.46. The zero-order valence-corrected chi connectivity index (χ0v) is 13.0. The average Bonchev–Trinajstić information content (AvgIpc) is 3.09. The molecule has 0 aliphatic carbocycles. The van der Waals surface area contributed by atoms with Crippen LogP contribution in [0.4, 0.5) is 10.8 Å². The summed E-state index contributed by atoms with van der Waals surface area (Å²) in [5.74, 6) is 0. The van der Waals surface area contributed by atoms with Crippen LogP contribution in [0.3, 0.4) is 0 Å². The number of rotatable bonds is 5. The number of aldehydes is 1. The summed E-state index contributed by atoms with van der Waals surface area (Å²) in [4.78, 5) is 17.3. The van der Waals surface area contributed by atoms with Crippen molar-refractivity contribution in [2.24, 2.45) is 0 Å². The van der Waals surface area contributed by atoms with Gasteiger partial charge in [-0.2, -0.15) is 5.26 Å². The number of hydrogen-bond acceptors (Lipinski definition) is 5. The van der Waals surface area contributed by atoms with Crippen LogP contribution < -0.4 is 4.90 Å². The van der Waals surface area contributed by atoms with Gasteiger partial charge in [-0.15, -0.1) is 11.3 Å². The first-order valence-electron chi connectivity index (χ1n) is 7.02. The van der Waals surface area contributed by atoms with E-state index in [2.05, 4.69) is 11.1 Å². The second-order valence-corrected chi connectivity index (χ2v) is 5.74. The van der Waals surface area contributed by atoms with Crippen molar-refractivity contribution in [1.82, 2.24) is 4.98 Å². The number of anilines is 2. The standard InChI is InChI=1S/C18H13N3OS/c19-10-14-6-8-17(9-7-14)21(11-15-4-2-1-3-5-15)18-20-16(12-22)13-23-18/h1-9,12-13H,11H2. The molecule has 112 valence electrons. The van der Waals surface area contributed by atoms with Crippen LogP contribution in [0, 0.1) is 11.3 Å². The van der Waals surface area contributed by atoms with Crippen molar-refractivity contribution in [3.05, 3.63) is 76.8 Å². The molecule has 3 aromatic rings. The Labute approximate surface area is 138 Å². The molecule has 1 aromatic heterocycles. The minimum Gasteiger partial charge on any atom is -0.313 e. The van der Waals surface area contributed by atoms with Crippen molar-refractivity contribution < 1.29 is 4.79 Å². The maximum absolute atomic E-state index is 10.9. The van der Waals surface area contributed by atoms with Crippen LogP contribution in [0.1, 0.15) is 21.6 Å². The molecule has 5 heteroatoms. The number of thiazole rings is 1. The third-order valence-corrected chi connectivity index (χ3v) is 4.23. The summed E-state index contributed by atoms with van der Waals surface area (Å²) in [6.45, 7) is 0.637. The predicted molar refractivity (Wildman–Crippen MR) is 90.9 cm³/mol. The predicted octanol–water partition coefficient (Wildman–Crippen LogP) is 4.17. The molecular weight excluding hydrogens is 306 g/mol. The molecular formula is C18H13N3OS. The van der Waals surface area contributed by atoms with Crippen molar-refractivity contribution in [2.75, 3.05) is 4.90 Å². The number of nitrogens with zero attached hydrogens (tertiary/aromatic N) is 3. The van der Waals surface area contributed by atoms with Crippen LogP contribution in [-0.4, -0.2) is 11.3 Å². The van der Waals surface area contributed by atoms with Crippen molar-refractivity contribution in [3.63, 3.8) is 0 Å². The molecule has 0 atom stereocenters. The Hall–Kier alpha value is -2.97. The normalized spacial score (nSPS) is 10.0. The molecule has 0 aliphatic rings. The smallest absolute Gasteiger partial charge is 0.190 e. The monoisotopic (exact) mass is 319 g/mol. The molecule has 0 spiro atoms. The average molecular weight is 319 g/mol. The number of carbonyl (C=O) groups excluding carboxylic acids is 1. The molecule has 0 aliphatic heterocycles. The van der Waals surface area contributed by atoms with E-state index in [4.69, 9.17) is 5.26 Å². The molecule has 0 saturated heterocycles. The zero-order valence-electron chi connectivity index (χ0n) is 12.2. The Balaban J connectivity index is 1.98. The van der Waals surface area contributed by atoms with Gasteiger partial charge in [-0.3, -0.25) is 4.79 Å². The van der Waals surface area contributed by atoms with Crippen LogP contribution in [-0.2, 0) is 6.54 Å². The number of carbonyl (C=O) groups is 1. The molecule has 23 heavy (non-hydrogen) atoms. The van der Waals surface area contributed by atoms with E-state index in [0.29, 0.717) is 17.8 Å². The minimum absolute atomic E-state index is 0.428. The van der Waals surface area contributed by atoms with Gasteiger partial charge in [0, 0.05) is 11.1 Å². The highest BCUT2D eigenvalue weighted by atomic mass is 32.1. The molecule has 0 unspecified atom stereocenters. The molecule has 0 radical (unpaired) electrons. The summed E-state index contributed by atoms with van der Waals surface area (Å²) in [5, 5.41) is 11.4. The molecule has 2 aromatic carbocycles.